The Bertz CT molecular complexity index is 667. The molecule has 1 fully saturated rings. The third-order valence-corrected chi connectivity index (χ3v) is 4.63. The zero-order chi connectivity index (χ0) is 15.5. The first-order valence-electron chi connectivity index (χ1n) is 7.78. The van der Waals surface area contributed by atoms with Crippen molar-refractivity contribution >= 4 is 17.4 Å². The number of carbonyl (C=O) groups excluding carboxylic acids is 1. The molecule has 2 heterocycles. The Morgan fingerprint density at radius 3 is 2.95 bits per heavy atom. The Labute approximate surface area is 135 Å². The number of hydrogen-bond donors (Lipinski definition) is 0. The number of carbonyl (C=O) groups is 1. The van der Waals surface area contributed by atoms with Gasteiger partial charge in [-0.25, -0.2) is 4.98 Å². The average Bonchev–Trinajstić information content (AvgIpc) is 3.04. The van der Waals surface area contributed by atoms with Crippen molar-refractivity contribution in [2.45, 2.75) is 32.4 Å². The Kier molecular flexibility index (Phi) is 4.60. The van der Waals surface area contributed by atoms with Gasteiger partial charge in [0.1, 0.15) is 0 Å². The highest BCUT2D eigenvalue weighted by molar-refractivity contribution is 6.34. The standard InChI is InChI=1S/C17H20ClN3O/c1-2-20-11-6-5-9-15(20)21-12-10-19-17(21)16(22)13-7-3-4-8-14(13)18/h3-4,7-8,10,12,15H,2,5-6,9,11H2,1H3. The molecule has 0 radical (unpaired) electrons. The van der Waals surface area contributed by atoms with Gasteiger partial charge in [-0.1, -0.05) is 30.7 Å². The average molecular weight is 318 g/mol. The van der Waals surface area contributed by atoms with Crippen molar-refractivity contribution < 1.29 is 4.79 Å². The molecule has 2 aromatic rings. The van der Waals surface area contributed by atoms with Gasteiger partial charge in [0.25, 0.3) is 0 Å². The van der Waals surface area contributed by atoms with E-state index in [2.05, 4.69) is 16.8 Å². The van der Waals surface area contributed by atoms with Crippen LogP contribution in [0.25, 0.3) is 0 Å². The molecule has 1 saturated heterocycles. The topological polar surface area (TPSA) is 38.1 Å². The SMILES string of the molecule is CCN1CCCCC1n1ccnc1C(=O)c1ccccc1Cl. The molecule has 0 saturated carbocycles. The molecule has 1 unspecified atom stereocenters. The van der Waals surface area contributed by atoms with Crippen LogP contribution >= 0.6 is 11.6 Å². The summed E-state index contributed by atoms with van der Waals surface area (Å²) in [4.78, 5) is 19.5. The van der Waals surface area contributed by atoms with Crippen LogP contribution < -0.4 is 0 Å². The van der Waals surface area contributed by atoms with Crippen molar-refractivity contribution in [3.05, 3.63) is 53.1 Å². The summed E-state index contributed by atoms with van der Waals surface area (Å²) < 4.78 is 2.01. The van der Waals surface area contributed by atoms with E-state index in [-0.39, 0.29) is 11.9 Å². The number of ketones is 1. The third kappa shape index (κ3) is 2.81. The molecule has 1 atom stereocenters. The van der Waals surface area contributed by atoms with E-state index in [4.69, 9.17) is 11.6 Å². The van der Waals surface area contributed by atoms with E-state index in [9.17, 15) is 4.79 Å². The largest absolute Gasteiger partial charge is 0.312 e. The zero-order valence-electron chi connectivity index (χ0n) is 12.7. The zero-order valence-corrected chi connectivity index (χ0v) is 13.5. The van der Waals surface area contributed by atoms with E-state index in [1.165, 1.54) is 12.8 Å². The normalized spacial score (nSPS) is 19.3. The molecule has 1 aromatic heterocycles. The van der Waals surface area contributed by atoms with Gasteiger partial charge >= 0.3 is 0 Å². The Balaban J connectivity index is 1.95. The number of halogens is 1. The number of rotatable bonds is 4. The summed E-state index contributed by atoms with van der Waals surface area (Å²) >= 11 is 6.16. The predicted molar refractivity (Wildman–Crippen MR) is 87.2 cm³/mol. The molecule has 0 bridgehead atoms. The summed E-state index contributed by atoms with van der Waals surface area (Å²) in [6, 6.07) is 7.14. The van der Waals surface area contributed by atoms with Gasteiger partial charge in [-0.3, -0.25) is 9.69 Å². The van der Waals surface area contributed by atoms with Gasteiger partial charge in [-0.2, -0.15) is 0 Å². The fourth-order valence-electron chi connectivity index (χ4n) is 3.15. The van der Waals surface area contributed by atoms with Gasteiger partial charge < -0.3 is 4.57 Å². The summed E-state index contributed by atoms with van der Waals surface area (Å²) in [5.41, 5.74) is 0.510. The molecule has 1 aromatic carbocycles. The first kappa shape index (κ1) is 15.3. The van der Waals surface area contributed by atoms with Gasteiger partial charge in [0.15, 0.2) is 5.82 Å². The summed E-state index contributed by atoms with van der Waals surface area (Å²) in [6.07, 6.45) is 7.26. The number of hydrogen-bond acceptors (Lipinski definition) is 3. The molecular formula is C17H20ClN3O. The van der Waals surface area contributed by atoms with Crippen molar-refractivity contribution in [2.75, 3.05) is 13.1 Å². The van der Waals surface area contributed by atoms with Crippen molar-refractivity contribution in [3.63, 3.8) is 0 Å². The van der Waals surface area contributed by atoms with E-state index in [0.29, 0.717) is 16.4 Å². The number of piperidine rings is 1. The van der Waals surface area contributed by atoms with Gasteiger partial charge in [0.05, 0.1) is 11.2 Å². The fraction of sp³-hybridized carbons (Fsp3) is 0.412. The van der Waals surface area contributed by atoms with Crippen LogP contribution in [-0.2, 0) is 0 Å². The van der Waals surface area contributed by atoms with E-state index in [1.54, 1.807) is 18.3 Å². The van der Waals surface area contributed by atoms with Gasteiger partial charge in [-0.15, -0.1) is 0 Å². The van der Waals surface area contributed by atoms with Gasteiger partial charge in [0, 0.05) is 24.5 Å². The Morgan fingerprint density at radius 1 is 1.36 bits per heavy atom. The third-order valence-electron chi connectivity index (χ3n) is 4.30. The predicted octanol–water partition coefficient (Wildman–Crippen LogP) is 3.77. The monoisotopic (exact) mass is 317 g/mol. The summed E-state index contributed by atoms with van der Waals surface area (Å²) in [5.74, 6) is 0.357. The van der Waals surface area contributed by atoms with E-state index in [1.807, 2.05) is 22.9 Å². The van der Waals surface area contributed by atoms with Crippen LogP contribution in [0, 0.1) is 0 Å². The molecule has 5 heteroatoms. The minimum Gasteiger partial charge on any atom is -0.312 e. The van der Waals surface area contributed by atoms with Gasteiger partial charge in [-0.05, 0) is 37.9 Å². The fourth-order valence-corrected chi connectivity index (χ4v) is 3.37. The minimum atomic E-state index is -0.114. The summed E-state index contributed by atoms with van der Waals surface area (Å²) in [5, 5.41) is 0.470. The van der Waals surface area contributed by atoms with Crippen molar-refractivity contribution in [2.24, 2.45) is 0 Å². The smallest absolute Gasteiger partial charge is 0.229 e. The maximum atomic E-state index is 12.8. The van der Waals surface area contributed by atoms with Gasteiger partial charge in [0.2, 0.25) is 5.78 Å². The molecule has 0 aliphatic carbocycles. The highest BCUT2D eigenvalue weighted by atomic mass is 35.5. The molecule has 22 heavy (non-hydrogen) atoms. The molecule has 0 spiro atoms. The molecule has 3 rings (SSSR count). The van der Waals surface area contributed by atoms with Crippen LogP contribution in [0.2, 0.25) is 5.02 Å². The van der Waals surface area contributed by atoms with Crippen molar-refractivity contribution in [1.82, 2.24) is 14.5 Å². The van der Waals surface area contributed by atoms with Crippen molar-refractivity contribution in [1.29, 1.82) is 0 Å². The van der Waals surface area contributed by atoms with Crippen LogP contribution in [0.4, 0.5) is 0 Å². The highest BCUT2D eigenvalue weighted by Gasteiger charge is 2.27. The number of nitrogens with zero attached hydrogens (tertiary/aromatic N) is 3. The quantitative estimate of drug-likeness (QED) is 0.806. The number of benzene rings is 1. The van der Waals surface area contributed by atoms with Crippen LogP contribution in [0.5, 0.6) is 0 Å². The minimum absolute atomic E-state index is 0.114. The first-order valence-corrected chi connectivity index (χ1v) is 8.16. The van der Waals surface area contributed by atoms with Crippen LogP contribution in [0.3, 0.4) is 0 Å². The lowest BCUT2D eigenvalue weighted by Crippen LogP contribution is -2.37. The maximum Gasteiger partial charge on any atom is 0.229 e. The lowest BCUT2D eigenvalue weighted by molar-refractivity contribution is 0.0901. The Morgan fingerprint density at radius 2 is 2.18 bits per heavy atom. The van der Waals surface area contributed by atoms with Crippen LogP contribution in [-0.4, -0.2) is 33.3 Å². The number of likely N-dealkylation sites (tertiary alicyclic amines) is 1. The second-order valence-electron chi connectivity index (χ2n) is 5.57. The van der Waals surface area contributed by atoms with E-state index >= 15 is 0 Å². The maximum absolute atomic E-state index is 12.8. The molecule has 1 aliphatic heterocycles. The number of imidazole rings is 1. The molecule has 0 amide bonds. The number of aromatic nitrogens is 2. The van der Waals surface area contributed by atoms with Crippen LogP contribution in [0.1, 0.15) is 48.5 Å². The molecule has 116 valence electrons. The first-order chi connectivity index (χ1) is 10.7. The summed E-state index contributed by atoms with van der Waals surface area (Å²) in [7, 11) is 0. The van der Waals surface area contributed by atoms with E-state index in [0.717, 1.165) is 19.5 Å². The second kappa shape index (κ2) is 6.63. The molecule has 1 aliphatic rings. The molecular weight excluding hydrogens is 298 g/mol. The van der Waals surface area contributed by atoms with Crippen LogP contribution in [0.15, 0.2) is 36.7 Å². The second-order valence-corrected chi connectivity index (χ2v) is 5.98. The molecule has 0 N–H and O–H groups in total. The lowest BCUT2D eigenvalue weighted by atomic mass is 10.1. The highest BCUT2D eigenvalue weighted by Crippen LogP contribution is 2.28. The summed E-state index contributed by atoms with van der Waals surface area (Å²) in [6.45, 7) is 4.20. The molecule has 4 nitrogen and oxygen atoms in total. The van der Waals surface area contributed by atoms with E-state index < -0.39 is 0 Å². The lowest BCUT2D eigenvalue weighted by Gasteiger charge is -2.36. The Hall–Kier alpha value is -1.65. The van der Waals surface area contributed by atoms with Crippen molar-refractivity contribution in [3.8, 4) is 0 Å².